The van der Waals surface area contributed by atoms with Crippen LogP contribution in [0.5, 0.6) is 17.2 Å². The molecule has 0 aromatic heterocycles. The minimum atomic E-state index is -1.37. The number of methoxy groups -OCH3 is 3. The van der Waals surface area contributed by atoms with Gasteiger partial charge in [0, 0.05) is 33.0 Å². The maximum Gasteiger partial charge on any atom is 0.295 e. The van der Waals surface area contributed by atoms with Crippen LogP contribution < -0.4 is 14.2 Å². The Kier molecular flexibility index (Phi) is 10.3. The minimum Gasteiger partial charge on any atom is -0.496 e. The van der Waals surface area contributed by atoms with E-state index in [-0.39, 0.29) is 6.04 Å². The zero-order valence-electron chi connectivity index (χ0n) is 20.7. The van der Waals surface area contributed by atoms with E-state index in [4.69, 9.17) is 14.2 Å². The topological polar surface area (TPSA) is 102 Å². The third kappa shape index (κ3) is 7.29. The summed E-state index contributed by atoms with van der Waals surface area (Å²) in [4.78, 5) is 0. The predicted octanol–water partition coefficient (Wildman–Crippen LogP) is 6.21. The molecule has 0 saturated carbocycles. The van der Waals surface area contributed by atoms with Crippen LogP contribution in [0, 0.1) is 0 Å². The fourth-order valence-corrected chi connectivity index (χ4v) is 3.55. The number of ether oxygens (including phenoxy) is 3. The molecule has 0 N–H and O–H groups in total. The lowest BCUT2D eigenvalue weighted by Gasteiger charge is -2.15. The van der Waals surface area contributed by atoms with Gasteiger partial charge in [-0.1, -0.05) is 54.6 Å². The molecule has 3 aromatic carbocycles. The SMILES string of the molecule is COc1ccccc1CN=NC(C[Si])(N=NCc1ccccc1OC)N=NCc1ccccc1OC. The Bertz CT molecular complexity index is 1060. The zero-order valence-corrected chi connectivity index (χ0v) is 21.7. The van der Waals surface area contributed by atoms with Crippen LogP contribution in [0.15, 0.2) is 103 Å². The third-order valence-electron chi connectivity index (χ3n) is 5.23. The molecule has 0 unspecified atom stereocenters. The van der Waals surface area contributed by atoms with Crippen molar-refractivity contribution in [2.45, 2.75) is 31.5 Å². The van der Waals surface area contributed by atoms with Crippen LogP contribution in [0.1, 0.15) is 16.7 Å². The van der Waals surface area contributed by atoms with Crippen LogP contribution in [-0.4, -0.2) is 37.4 Å². The van der Waals surface area contributed by atoms with Crippen molar-refractivity contribution in [3.8, 4) is 17.2 Å². The van der Waals surface area contributed by atoms with E-state index in [2.05, 4.69) is 40.9 Å². The van der Waals surface area contributed by atoms with E-state index in [0.29, 0.717) is 19.6 Å². The Hall–Kier alpha value is -3.92. The van der Waals surface area contributed by atoms with E-state index >= 15 is 0 Å². The number of para-hydroxylation sites is 3. The number of azo groups is 3. The second-order valence-corrected chi connectivity index (χ2v) is 7.94. The minimum absolute atomic E-state index is 0.229. The van der Waals surface area contributed by atoms with E-state index in [9.17, 15) is 0 Å². The molecule has 0 aliphatic heterocycles. The molecule has 3 rings (SSSR count). The number of rotatable bonds is 13. The average molecular weight is 502 g/mol. The van der Waals surface area contributed by atoms with Gasteiger partial charge in [-0.15, -0.1) is 15.3 Å². The lowest BCUT2D eigenvalue weighted by atomic mass is 10.2. The Morgan fingerprint density at radius 2 is 0.861 bits per heavy atom. The highest BCUT2D eigenvalue weighted by molar-refractivity contribution is 6.09. The highest BCUT2D eigenvalue weighted by atomic mass is 28.1. The molecule has 0 heterocycles. The van der Waals surface area contributed by atoms with Gasteiger partial charge < -0.3 is 14.2 Å². The first-order valence-corrected chi connectivity index (χ1v) is 12.0. The van der Waals surface area contributed by atoms with Crippen LogP contribution in [-0.2, 0) is 19.6 Å². The first-order chi connectivity index (χ1) is 17.6. The van der Waals surface area contributed by atoms with Crippen molar-refractivity contribution in [1.29, 1.82) is 0 Å². The van der Waals surface area contributed by atoms with E-state index in [1.165, 1.54) is 0 Å². The molecule has 0 saturated heterocycles. The Balaban J connectivity index is 1.85. The number of nitrogens with zero attached hydrogens (tertiary/aromatic N) is 6. The third-order valence-corrected chi connectivity index (χ3v) is 5.70. The monoisotopic (exact) mass is 501 g/mol. The molecule has 9 nitrogen and oxygen atoms in total. The quantitative estimate of drug-likeness (QED) is 0.205. The highest BCUT2D eigenvalue weighted by Gasteiger charge is 2.27. The van der Waals surface area contributed by atoms with E-state index in [1.54, 1.807) is 21.3 Å². The fraction of sp³-hybridized carbons (Fsp3) is 0.308. The van der Waals surface area contributed by atoms with Gasteiger partial charge in [-0.2, -0.15) is 15.3 Å². The molecule has 0 bridgehead atoms. The van der Waals surface area contributed by atoms with Crippen LogP contribution in [0.4, 0.5) is 0 Å². The maximum absolute atomic E-state index is 5.41. The summed E-state index contributed by atoms with van der Waals surface area (Å²) in [7, 11) is 8.40. The molecule has 0 fully saturated rings. The first kappa shape index (κ1) is 26.7. The van der Waals surface area contributed by atoms with E-state index < -0.39 is 5.79 Å². The molecule has 185 valence electrons. The van der Waals surface area contributed by atoms with E-state index in [0.717, 1.165) is 33.9 Å². The summed E-state index contributed by atoms with van der Waals surface area (Å²) in [6.07, 6.45) is 0. The van der Waals surface area contributed by atoms with Crippen molar-refractivity contribution in [2.24, 2.45) is 30.7 Å². The highest BCUT2D eigenvalue weighted by Crippen LogP contribution is 2.26. The Morgan fingerprint density at radius 1 is 0.556 bits per heavy atom. The number of hydrogen-bond acceptors (Lipinski definition) is 9. The molecule has 0 aliphatic carbocycles. The van der Waals surface area contributed by atoms with Crippen LogP contribution in [0.25, 0.3) is 0 Å². The van der Waals surface area contributed by atoms with E-state index in [1.807, 2.05) is 72.8 Å². The Morgan fingerprint density at radius 3 is 1.14 bits per heavy atom. The molecule has 36 heavy (non-hydrogen) atoms. The predicted molar refractivity (Wildman–Crippen MR) is 138 cm³/mol. The van der Waals surface area contributed by atoms with Gasteiger partial charge in [-0.3, -0.25) is 0 Å². The molecule has 0 atom stereocenters. The first-order valence-electron chi connectivity index (χ1n) is 11.3. The van der Waals surface area contributed by atoms with Crippen molar-refractivity contribution < 1.29 is 14.2 Å². The summed E-state index contributed by atoms with van der Waals surface area (Å²) in [5.74, 6) is 0.825. The molecule has 3 aromatic rings. The molecule has 0 amide bonds. The summed E-state index contributed by atoms with van der Waals surface area (Å²) in [6.45, 7) is 0.881. The van der Waals surface area contributed by atoms with Gasteiger partial charge in [0.1, 0.15) is 17.2 Å². The van der Waals surface area contributed by atoms with Gasteiger partial charge in [0.25, 0.3) is 5.79 Å². The lowest BCUT2D eigenvalue weighted by molar-refractivity contribution is 0.401. The molecular formula is C26H29N6O3Si. The summed E-state index contributed by atoms with van der Waals surface area (Å²) < 4.78 is 16.2. The Labute approximate surface area is 214 Å². The van der Waals surface area contributed by atoms with Crippen LogP contribution >= 0.6 is 0 Å². The second-order valence-electron chi connectivity index (χ2n) is 7.59. The largest absolute Gasteiger partial charge is 0.496 e. The summed E-state index contributed by atoms with van der Waals surface area (Å²) >= 11 is 0. The van der Waals surface area contributed by atoms with Gasteiger partial charge in [-0.05, 0) is 18.2 Å². The van der Waals surface area contributed by atoms with Crippen molar-refractivity contribution in [2.75, 3.05) is 21.3 Å². The van der Waals surface area contributed by atoms with Gasteiger partial charge in [0.15, 0.2) is 0 Å². The summed E-state index contributed by atoms with van der Waals surface area (Å²) in [5.41, 5.74) is 2.68. The molecule has 10 heteroatoms. The smallest absolute Gasteiger partial charge is 0.295 e. The van der Waals surface area contributed by atoms with Crippen molar-refractivity contribution >= 4 is 10.2 Å². The average Bonchev–Trinajstić information content (AvgIpc) is 2.93. The normalized spacial score (nSPS) is 13.3. The maximum atomic E-state index is 5.41. The molecule has 0 aliphatic rings. The van der Waals surface area contributed by atoms with Crippen molar-refractivity contribution in [1.82, 2.24) is 0 Å². The van der Waals surface area contributed by atoms with Gasteiger partial charge in [0.05, 0.1) is 41.0 Å². The summed E-state index contributed by atoms with van der Waals surface area (Å²) in [6, 6.07) is 23.1. The van der Waals surface area contributed by atoms with Gasteiger partial charge >= 0.3 is 0 Å². The van der Waals surface area contributed by atoms with Gasteiger partial charge in [0.2, 0.25) is 0 Å². The van der Waals surface area contributed by atoms with Crippen LogP contribution in [0.3, 0.4) is 0 Å². The zero-order chi connectivity index (χ0) is 25.6. The van der Waals surface area contributed by atoms with Crippen molar-refractivity contribution in [3.63, 3.8) is 0 Å². The van der Waals surface area contributed by atoms with Gasteiger partial charge in [-0.25, -0.2) is 0 Å². The summed E-state index contributed by atoms with van der Waals surface area (Å²) in [5, 5.41) is 26.4. The van der Waals surface area contributed by atoms with Crippen LogP contribution in [0.2, 0.25) is 6.04 Å². The fourth-order valence-electron chi connectivity index (χ4n) is 3.34. The number of benzene rings is 3. The number of hydrogen-bond donors (Lipinski definition) is 0. The second kappa shape index (κ2) is 13.8. The lowest BCUT2D eigenvalue weighted by Crippen LogP contribution is -2.19. The molecule has 0 spiro atoms. The molecule has 3 radical (unpaired) electrons. The standard InChI is InChI=1S/C26H29N6O3Si/c1-33-23-13-7-4-10-20(23)16-27-30-26(19-36,31-28-17-21-11-5-8-14-24(21)34-2)32-29-18-22-12-6-9-15-25(22)35-3/h4-15H,16-19H2,1-3H3. The van der Waals surface area contributed by atoms with Crippen molar-refractivity contribution in [3.05, 3.63) is 89.5 Å². The molecular weight excluding hydrogens is 472 g/mol.